The maximum atomic E-state index is 4.67. The summed E-state index contributed by atoms with van der Waals surface area (Å²) in [5.41, 5.74) is 2.06. The van der Waals surface area contributed by atoms with Gasteiger partial charge in [0.05, 0.1) is 11.4 Å². The normalized spacial score (nSPS) is 21.6. The summed E-state index contributed by atoms with van der Waals surface area (Å²) in [4.78, 5) is 11.5. The van der Waals surface area contributed by atoms with Crippen molar-refractivity contribution in [1.82, 2.24) is 15.3 Å². The van der Waals surface area contributed by atoms with Crippen molar-refractivity contribution in [3.8, 4) is 0 Å². The zero-order chi connectivity index (χ0) is 13.9. The lowest BCUT2D eigenvalue weighted by Crippen LogP contribution is -2.46. The van der Waals surface area contributed by atoms with Crippen LogP contribution in [0.5, 0.6) is 0 Å². The van der Waals surface area contributed by atoms with E-state index in [1.54, 1.807) is 0 Å². The molecule has 0 aromatic carbocycles. The highest BCUT2D eigenvalue weighted by Gasteiger charge is 2.24. The first-order chi connectivity index (χ1) is 9.72. The van der Waals surface area contributed by atoms with Crippen LogP contribution >= 0.6 is 0 Å². The summed E-state index contributed by atoms with van der Waals surface area (Å²) in [7, 11) is 0. The average molecular weight is 274 g/mol. The van der Waals surface area contributed by atoms with E-state index in [2.05, 4.69) is 27.1 Å². The van der Waals surface area contributed by atoms with Crippen LogP contribution in [0.15, 0.2) is 6.20 Å². The molecule has 1 aromatic heterocycles. The van der Waals surface area contributed by atoms with E-state index in [0.29, 0.717) is 6.04 Å². The predicted molar refractivity (Wildman–Crippen MR) is 82.1 cm³/mol. The molecule has 0 amide bonds. The third kappa shape index (κ3) is 3.11. The fourth-order valence-corrected chi connectivity index (χ4v) is 3.51. The molecule has 4 nitrogen and oxygen atoms in total. The maximum absolute atomic E-state index is 4.67. The SMILES string of the molecule is Cc1cnc(C)c(N2CCC(NC3CCCC3)CC2)n1. The number of nitrogens with one attached hydrogen (secondary N) is 1. The van der Waals surface area contributed by atoms with Crippen LogP contribution in [0.25, 0.3) is 0 Å². The maximum Gasteiger partial charge on any atom is 0.150 e. The molecule has 20 heavy (non-hydrogen) atoms. The standard InChI is InChI=1S/C16H26N4/c1-12-11-17-13(2)16(18-12)20-9-7-15(8-10-20)19-14-5-3-4-6-14/h11,14-15,19H,3-10H2,1-2H3. The minimum atomic E-state index is 0.701. The van der Waals surface area contributed by atoms with Crippen LogP contribution in [-0.2, 0) is 0 Å². The number of nitrogens with zero attached hydrogens (tertiary/aromatic N) is 3. The zero-order valence-corrected chi connectivity index (χ0v) is 12.7. The second-order valence-corrected chi connectivity index (χ2v) is 6.33. The molecule has 0 unspecified atom stereocenters. The lowest BCUT2D eigenvalue weighted by Gasteiger charge is -2.35. The Morgan fingerprint density at radius 2 is 1.70 bits per heavy atom. The van der Waals surface area contributed by atoms with Gasteiger partial charge in [0.1, 0.15) is 5.82 Å². The van der Waals surface area contributed by atoms with Crippen molar-refractivity contribution in [3.05, 3.63) is 17.6 Å². The molecule has 110 valence electrons. The van der Waals surface area contributed by atoms with E-state index in [-0.39, 0.29) is 0 Å². The first-order valence-electron chi connectivity index (χ1n) is 8.03. The van der Waals surface area contributed by atoms with Crippen molar-refractivity contribution in [2.24, 2.45) is 0 Å². The first-order valence-corrected chi connectivity index (χ1v) is 8.03. The molecule has 1 saturated heterocycles. The summed E-state index contributed by atoms with van der Waals surface area (Å²) in [5, 5.41) is 3.85. The molecule has 1 saturated carbocycles. The van der Waals surface area contributed by atoms with Gasteiger partial charge in [0.2, 0.25) is 0 Å². The van der Waals surface area contributed by atoms with Crippen molar-refractivity contribution in [2.75, 3.05) is 18.0 Å². The molecule has 0 atom stereocenters. The third-order valence-corrected chi connectivity index (χ3v) is 4.67. The average Bonchev–Trinajstić information content (AvgIpc) is 2.95. The van der Waals surface area contributed by atoms with Gasteiger partial charge in [-0.05, 0) is 39.5 Å². The second-order valence-electron chi connectivity index (χ2n) is 6.33. The van der Waals surface area contributed by atoms with Crippen LogP contribution in [-0.4, -0.2) is 35.1 Å². The summed E-state index contributed by atoms with van der Waals surface area (Å²) in [6.07, 6.45) is 9.89. The van der Waals surface area contributed by atoms with Gasteiger partial charge in [-0.3, -0.25) is 4.98 Å². The largest absolute Gasteiger partial charge is 0.355 e. The number of hydrogen-bond acceptors (Lipinski definition) is 4. The van der Waals surface area contributed by atoms with Gasteiger partial charge in [-0.15, -0.1) is 0 Å². The highest BCUT2D eigenvalue weighted by Crippen LogP contribution is 2.23. The quantitative estimate of drug-likeness (QED) is 0.920. The van der Waals surface area contributed by atoms with Gasteiger partial charge in [-0.25, -0.2) is 4.98 Å². The summed E-state index contributed by atoms with van der Waals surface area (Å²) in [6, 6.07) is 1.49. The summed E-state index contributed by atoms with van der Waals surface area (Å²) in [5.74, 6) is 1.09. The van der Waals surface area contributed by atoms with E-state index in [1.165, 1.54) is 38.5 Å². The van der Waals surface area contributed by atoms with Crippen LogP contribution in [0.4, 0.5) is 5.82 Å². The number of piperidine rings is 1. The molecule has 0 bridgehead atoms. The summed E-state index contributed by atoms with van der Waals surface area (Å²) < 4.78 is 0. The van der Waals surface area contributed by atoms with E-state index in [1.807, 2.05) is 13.1 Å². The van der Waals surface area contributed by atoms with Crippen molar-refractivity contribution >= 4 is 5.82 Å². The molecule has 3 rings (SSSR count). The summed E-state index contributed by atoms with van der Waals surface area (Å²) >= 11 is 0. The minimum Gasteiger partial charge on any atom is -0.355 e. The third-order valence-electron chi connectivity index (χ3n) is 4.67. The highest BCUT2D eigenvalue weighted by atomic mass is 15.2. The van der Waals surface area contributed by atoms with Gasteiger partial charge in [0.25, 0.3) is 0 Å². The second kappa shape index (κ2) is 6.08. The van der Waals surface area contributed by atoms with E-state index in [9.17, 15) is 0 Å². The molecule has 1 aliphatic carbocycles. The van der Waals surface area contributed by atoms with E-state index < -0.39 is 0 Å². The monoisotopic (exact) mass is 274 g/mol. The Kier molecular flexibility index (Phi) is 4.20. The van der Waals surface area contributed by atoms with Crippen molar-refractivity contribution in [2.45, 2.75) is 64.5 Å². The predicted octanol–water partition coefficient (Wildman–Crippen LogP) is 2.59. The van der Waals surface area contributed by atoms with Gasteiger partial charge in [-0.2, -0.15) is 0 Å². The van der Waals surface area contributed by atoms with E-state index in [0.717, 1.165) is 36.3 Å². The molecular formula is C16H26N4. The van der Waals surface area contributed by atoms with E-state index >= 15 is 0 Å². The lowest BCUT2D eigenvalue weighted by atomic mass is 10.0. The van der Waals surface area contributed by atoms with Gasteiger partial charge in [0.15, 0.2) is 0 Å². The molecule has 2 fully saturated rings. The molecular weight excluding hydrogens is 248 g/mol. The van der Waals surface area contributed by atoms with Crippen molar-refractivity contribution in [3.63, 3.8) is 0 Å². The molecule has 0 radical (unpaired) electrons. The number of rotatable bonds is 3. The van der Waals surface area contributed by atoms with Crippen LogP contribution in [0.3, 0.4) is 0 Å². The number of aryl methyl sites for hydroxylation is 2. The van der Waals surface area contributed by atoms with Crippen LogP contribution in [0, 0.1) is 13.8 Å². The molecule has 1 aromatic rings. The first kappa shape index (κ1) is 13.8. The Morgan fingerprint density at radius 1 is 1.05 bits per heavy atom. The fourth-order valence-electron chi connectivity index (χ4n) is 3.51. The molecule has 1 aliphatic heterocycles. The van der Waals surface area contributed by atoms with Crippen molar-refractivity contribution < 1.29 is 0 Å². The van der Waals surface area contributed by atoms with Crippen molar-refractivity contribution in [1.29, 1.82) is 0 Å². The van der Waals surface area contributed by atoms with Crippen LogP contribution in [0.1, 0.15) is 49.9 Å². The Morgan fingerprint density at radius 3 is 2.40 bits per heavy atom. The Balaban J connectivity index is 1.56. The van der Waals surface area contributed by atoms with Gasteiger partial charge in [-0.1, -0.05) is 12.8 Å². The van der Waals surface area contributed by atoms with Crippen LogP contribution < -0.4 is 10.2 Å². The molecule has 4 heteroatoms. The Hall–Kier alpha value is -1.16. The van der Waals surface area contributed by atoms with Gasteiger partial charge >= 0.3 is 0 Å². The lowest BCUT2D eigenvalue weighted by molar-refractivity contribution is 0.366. The topological polar surface area (TPSA) is 41.1 Å². The fraction of sp³-hybridized carbons (Fsp3) is 0.750. The van der Waals surface area contributed by atoms with Crippen LogP contribution in [0.2, 0.25) is 0 Å². The van der Waals surface area contributed by atoms with Gasteiger partial charge < -0.3 is 10.2 Å². The molecule has 2 aliphatic rings. The molecule has 2 heterocycles. The smallest absolute Gasteiger partial charge is 0.150 e. The molecule has 1 N–H and O–H groups in total. The Bertz CT molecular complexity index is 446. The number of hydrogen-bond donors (Lipinski definition) is 1. The zero-order valence-electron chi connectivity index (χ0n) is 12.7. The summed E-state index contributed by atoms with van der Waals surface area (Å²) in [6.45, 7) is 6.28. The molecule has 0 spiro atoms. The van der Waals surface area contributed by atoms with E-state index in [4.69, 9.17) is 0 Å². The number of anilines is 1. The number of aromatic nitrogens is 2. The van der Waals surface area contributed by atoms with Gasteiger partial charge in [0, 0.05) is 31.4 Å². The highest BCUT2D eigenvalue weighted by molar-refractivity contribution is 5.43. The minimum absolute atomic E-state index is 0.701. The Labute approximate surface area is 122 Å².